The molecule has 0 radical (unpaired) electrons. The lowest BCUT2D eigenvalue weighted by Crippen LogP contribution is -2.08. The maximum atomic E-state index is 11.8. The van der Waals surface area contributed by atoms with E-state index >= 15 is 0 Å². The van der Waals surface area contributed by atoms with E-state index in [9.17, 15) is 4.79 Å². The van der Waals surface area contributed by atoms with Crippen LogP contribution in [0.3, 0.4) is 0 Å². The molecule has 0 fully saturated rings. The third-order valence-electron chi connectivity index (χ3n) is 4.80. The quantitative estimate of drug-likeness (QED) is 0.561. The monoisotopic (exact) mass is 338 g/mol. The Bertz CT molecular complexity index is 775. The van der Waals surface area contributed by atoms with Crippen LogP contribution in [0.2, 0.25) is 0 Å². The summed E-state index contributed by atoms with van der Waals surface area (Å²) in [6.45, 7) is 2.15. The number of carbonyl (C=O) groups is 1. The Kier molecular flexibility index (Phi) is 5.10. The van der Waals surface area contributed by atoms with Crippen LogP contribution in [-0.2, 0) is 16.0 Å². The number of esters is 1. The number of methoxy groups -OCH3 is 1. The summed E-state index contributed by atoms with van der Waals surface area (Å²) in [6.07, 6.45) is 3.40. The molecule has 2 aromatic carbocycles. The molecule has 124 valence electrons. The minimum Gasteiger partial charge on any atom is -0.469 e. The van der Waals surface area contributed by atoms with Crippen molar-refractivity contribution in [2.45, 2.75) is 30.6 Å². The van der Waals surface area contributed by atoms with Gasteiger partial charge in [-0.1, -0.05) is 42.0 Å². The van der Waals surface area contributed by atoms with Gasteiger partial charge in [-0.25, -0.2) is 0 Å². The summed E-state index contributed by atoms with van der Waals surface area (Å²) in [4.78, 5) is 13.1. The Labute approximate surface area is 147 Å². The number of benzene rings is 2. The molecule has 0 aliphatic heterocycles. The Morgan fingerprint density at radius 2 is 1.83 bits per heavy atom. The number of hydrogen-bond acceptors (Lipinski definition) is 3. The second-order valence-corrected chi connectivity index (χ2v) is 6.99. The van der Waals surface area contributed by atoms with Crippen LogP contribution >= 0.6 is 11.8 Å². The maximum absolute atomic E-state index is 11.8. The van der Waals surface area contributed by atoms with Gasteiger partial charge in [0.1, 0.15) is 0 Å². The van der Waals surface area contributed by atoms with E-state index in [2.05, 4.69) is 55.6 Å². The van der Waals surface area contributed by atoms with Gasteiger partial charge in [0, 0.05) is 10.8 Å². The molecule has 0 saturated carbocycles. The van der Waals surface area contributed by atoms with E-state index in [0.717, 1.165) is 6.42 Å². The van der Waals surface area contributed by atoms with Crippen LogP contribution in [-0.4, -0.2) is 19.3 Å². The number of allylic oxidation sites excluding steroid dienone is 2. The maximum Gasteiger partial charge on any atom is 0.306 e. The molecular formula is C21H22O2S. The van der Waals surface area contributed by atoms with Gasteiger partial charge >= 0.3 is 5.97 Å². The van der Waals surface area contributed by atoms with Crippen molar-refractivity contribution in [3.8, 4) is 0 Å². The molecule has 2 aromatic rings. The Balaban J connectivity index is 1.93. The molecule has 0 heterocycles. The molecular weight excluding hydrogens is 316 g/mol. The lowest BCUT2D eigenvalue weighted by molar-refractivity contribution is -0.140. The molecule has 1 aliphatic rings. The van der Waals surface area contributed by atoms with Gasteiger partial charge in [-0.15, -0.1) is 11.8 Å². The van der Waals surface area contributed by atoms with Crippen LogP contribution in [0.15, 0.2) is 59.0 Å². The molecule has 3 heteroatoms. The zero-order valence-corrected chi connectivity index (χ0v) is 15.2. The fraction of sp³-hybridized carbons (Fsp3) is 0.286. The van der Waals surface area contributed by atoms with E-state index in [0.29, 0.717) is 6.42 Å². The summed E-state index contributed by atoms with van der Waals surface area (Å²) in [5, 5.41) is 0. The predicted molar refractivity (Wildman–Crippen MR) is 100 cm³/mol. The van der Waals surface area contributed by atoms with Crippen LogP contribution in [0.25, 0.3) is 5.57 Å². The van der Waals surface area contributed by atoms with E-state index in [1.807, 2.05) is 6.07 Å². The smallest absolute Gasteiger partial charge is 0.306 e. The summed E-state index contributed by atoms with van der Waals surface area (Å²) in [6, 6.07) is 17.2. The minimum absolute atomic E-state index is 0.133. The first-order valence-corrected chi connectivity index (χ1v) is 9.35. The van der Waals surface area contributed by atoms with Gasteiger partial charge in [0.15, 0.2) is 0 Å². The van der Waals surface area contributed by atoms with Crippen molar-refractivity contribution >= 4 is 23.3 Å². The number of thioether (sulfide) groups is 1. The van der Waals surface area contributed by atoms with Gasteiger partial charge < -0.3 is 4.74 Å². The van der Waals surface area contributed by atoms with E-state index in [1.54, 1.807) is 11.8 Å². The standard InChI is InChI=1S/C21H22O2S/c1-14-19(12-15-8-10-16(24-3)11-9-15)17-6-4-5-7-18(17)20(14)13-21(22)23-2/h4-11,20H,12-13H2,1-3H3. The highest BCUT2D eigenvalue weighted by Gasteiger charge is 2.30. The third-order valence-corrected chi connectivity index (χ3v) is 5.54. The number of carbonyl (C=O) groups excluding carboxylic acids is 1. The fourth-order valence-electron chi connectivity index (χ4n) is 3.43. The van der Waals surface area contributed by atoms with E-state index in [-0.39, 0.29) is 11.9 Å². The highest BCUT2D eigenvalue weighted by molar-refractivity contribution is 7.98. The molecule has 1 aliphatic carbocycles. The van der Waals surface area contributed by atoms with E-state index in [4.69, 9.17) is 4.74 Å². The van der Waals surface area contributed by atoms with Gasteiger partial charge in [0.2, 0.25) is 0 Å². The number of rotatable bonds is 5. The molecule has 0 amide bonds. The van der Waals surface area contributed by atoms with Crippen LogP contribution in [0, 0.1) is 0 Å². The van der Waals surface area contributed by atoms with Crippen molar-refractivity contribution in [1.82, 2.24) is 0 Å². The number of ether oxygens (including phenoxy) is 1. The summed E-state index contributed by atoms with van der Waals surface area (Å²) >= 11 is 1.76. The Hall–Kier alpha value is -2.00. The average Bonchev–Trinajstić information content (AvgIpc) is 2.88. The van der Waals surface area contributed by atoms with Gasteiger partial charge in [0.25, 0.3) is 0 Å². The normalized spacial score (nSPS) is 16.2. The zero-order chi connectivity index (χ0) is 17.1. The van der Waals surface area contributed by atoms with Crippen LogP contribution < -0.4 is 0 Å². The topological polar surface area (TPSA) is 26.3 Å². The lowest BCUT2D eigenvalue weighted by atomic mass is 9.93. The second-order valence-electron chi connectivity index (χ2n) is 6.11. The van der Waals surface area contributed by atoms with Crippen molar-refractivity contribution < 1.29 is 9.53 Å². The Morgan fingerprint density at radius 3 is 2.50 bits per heavy atom. The zero-order valence-electron chi connectivity index (χ0n) is 14.3. The van der Waals surface area contributed by atoms with Crippen molar-refractivity contribution in [2.75, 3.05) is 13.4 Å². The van der Waals surface area contributed by atoms with Crippen molar-refractivity contribution in [3.05, 3.63) is 70.8 Å². The molecule has 3 rings (SSSR count). The number of fused-ring (bicyclic) bond motifs is 1. The summed E-state index contributed by atoms with van der Waals surface area (Å²) in [5.41, 5.74) is 6.46. The first-order valence-electron chi connectivity index (χ1n) is 8.12. The highest BCUT2D eigenvalue weighted by atomic mass is 32.2. The van der Waals surface area contributed by atoms with Crippen LogP contribution in [0.1, 0.15) is 36.0 Å². The summed E-state index contributed by atoms with van der Waals surface area (Å²) in [7, 11) is 1.45. The SMILES string of the molecule is COC(=O)CC1C(C)=C(Cc2ccc(SC)cc2)c2ccccc21. The predicted octanol–water partition coefficient (Wildman–Crippen LogP) is 5.09. The molecule has 0 saturated heterocycles. The largest absolute Gasteiger partial charge is 0.469 e. The van der Waals surface area contributed by atoms with Gasteiger partial charge in [-0.3, -0.25) is 4.79 Å². The van der Waals surface area contributed by atoms with E-state index < -0.39 is 0 Å². The average molecular weight is 338 g/mol. The third kappa shape index (κ3) is 3.27. The minimum atomic E-state index is -0.153. The molecule has 1 unspecified atom stereocenters. The van der Waals surface area contributed by atoms with Crippen molar-refractivity contribution in [3.63, 3.8) is 0 Å². The van der Waals surface area contributed by atoms with Crippen molar-refractivity contribution in [2.24, 2.45) is 0 Å². The molecule has 0 spiro atoms. The van der Waals surface area contributed by atoms with Gasteiger partial charge in [-0.05, 0) is 54.0 Å². The number of hydrogen-bond donors (Lipinski definition) is 0. The molecule has 0 aromatic heterocycles. The first kappa shape index (κ1) is 16.8. The molecule has 0 bridgehead atoms. The molecule has 2 nitrogen and oxygen atoms in total. The first-order chi connectivity index (χ1) is 11.6. The molecule has 24 heavy (non-hydrogen) atoms. The van der Waals surface area contributed by atoms with Crippen molar-refractivity contribution in [1.29, 1.82) is 0 Å². The molecule has 0 N–H and O–H groups in total. The fourth-order valence-corrected chi connectivity index (χ4v) is 3.84. The van der Waals surface area contributed by atoms with Crippen LogP contribution in [0.5, 0.6) is 0 Å². The summed E-state index contributed by atoms with van der Waals surface area (Å²) in [5.74, 6) is -0.0196. The molecule has 1 atom stereocenters. The lowest BCUT2D eigenvalue weighted by Gasteiger charge is -2.12. The highest BCUT2D eigenvalue weighted by Crippen LogP contribution is 2.44. The van der Waals surface area contributed by atoms with Crippen LogP contribution in [0.4, 0.5) is 0 Å². The summed E-state index contributed by atoms with van der Waals surface area (Å²) < 4.78 is 4.89. The van der Waals surface area contributed by atoms with Gasteiger partial charge in [-0.2, -0.15) is 0 Å². The Morgan fingerprint density at radius 1 is 1.12 bits per heavy atom. The second kappa shape index (κ2) is 7.27. The van der Waals surface area contributed by atoms with Gasteiger partial charge in [0.05, 0.1) is 13.5 Å². The van der Waals surface area contributed by atoms with E-state index in [1.165, 1.54) is 39.8 Å².